The zero-order valence-electron chi connectivity index (χ0n) is 21.0. The highest BCUT2D eigenvalue weighted by molar-refractivity contribution is 6.00. The molecule has 2 aliphatic rings. The molecule has 2 fully saturated rings. The lowest BCUT2D eigenvalue weighted by molar-refractivity contribution is 0.100. The number of aromatic amines is 1. The van der Waals surface area contributed by atoms with Gasteiger partial charge in [-0.1, -0.05) is 0 Å². The summed E-state index contributed by atoms with van der Waals surface area (Å²) < 4.78 is 23.0. The van der Waals surface area contributed by atoms with Gasteiger partial charge < -0.3 is 20.3 Å². The summed E-state index contributed by atoms with van der Waals surface area (Å²) in [6.07, 6.45) is 4.39. The van der Waals surface area contributed by atoms with Crippen molar-refractivity contribution >= 4 is 22.5 Å². The van der Waals surface area contributed by atoms with E-state index >= 15 is 4.39 Å². The molecule has 2 aromatic carbocycles. The maximum Gasteiger partial charge on any atom is 0.252 e. The topological polar surface area (TPSA) is 105 Å². The minimum Gasteiger partial charge on any atom is -0.378 e. The van der Waals surface area contributed by atoms with Crippen LogP contribution in [0.5, 0.6) is 0 Å². The Hall–Kier alpha value is -3.76. The van der Waals surface area contributed by atoms with E-state index in [-0.39, 0.29) is 16.8 Å². The summed E-state index contributed by atoms with van der Waals surface area (Å²) in [5.74, 6) is -1.12. The highest BCUT2D eigenvalue weighted by atomic mass is 19.1. The molecular weight excluding hydrogens is 473 g/mol. The van der Waals surface area contributed by atoms with Gasteiger partial charge in [0.1, 0.15) is 11.5 Å². The van der Waals surface area contributed by atoms with E-state index in [1.165, 1.54) is 12.3 Å². The minimum absolute atomic E-state index is 0.154. The fourth-order valence-electron chi connectivity index (χ4n) is 5.61. The van der Waals surface area contributed by atoms with Gasteiger partial charge in [0.05, 0.1) is 42.2 Å². The third-order valence-electron chi connectivity index (χ3n) is 7.52. The van der Waals surface area contributed by atoms with Crippen LogP contribution in [-0.4, -0.2) is 77.2 Å². The first-order valence-electron chi connectivity index (χ1n) is 12.6. The second-order valence-corrected chi connectivity index (χ2v) is 9.99. The average Bonchev–Trinajstić information content (AvgIpc) is 3.63. The second-order valence-electron chi connectivity index (χ2n) is 9.99. The van der Waals surface area contributed by atoms with Crippen LogP contribution in [0, 0.1) is 12.7 Å². The Morgan fingerprint density at radius 2 is 1.97 bits per heavy atom. The molecule has 3 N–H and O–H groups in total. The number of amides is 1. The van der Waals surface area contributed by atoms with Crippen molar-refractivity contribution in [3.63, 3.8) is 0 Å². The average molecular weight is 504 g/mol. The van der Waals surface area contributed by atoms with E-state index < -0.39 is 11.7 Å². The van der Waals surface area contributed by atoms with E-state index in [0.717, 1.165) is 65.9 Å². The summed E-state index contributed by atoms with van der Waals surface area (Å²) in [6.45, 7) is 6.82. The van der Waals surface area contributed by atoms with Gasteiger partial charge in [0.15, 0.2) is 0 Å². The van der Waals surface area contributed by atoms with Crippen LogP contribution < -0.4 is 10.6 Å². The van der Waals surface area contributed by atoms with Crippen LogP contribution >= 0.6 is 0 Å². The number of carbonyl (C=O) groups is 1. The molecule has 0 saturated carbocycles. The molecule has 0 bridgehead atoms. The smallest absolute Gasteiger partial charge is 0.252 e. The van der Waals surface area contributed by atoms with Crippen molar-refractivity contribution in [1.82, 2.24) is 24.9 Å². The first-order valence-corrected chi connectivity index (χ1v) is 12.6. The standard InChI is InChI=1S/C27H30FN7O2/c1-16-9-23(28)21(25-22(27(29)36)14-30-32-25)12-20(16)17-10-18-13-31-35(19-3-4-33(2)15-19)26(18)24(11-17)34-5-7-37-8-6-34/h9-14,19H,3-8,15H2,1-2H3,(H2,29,36)(H,30,32). The van der Waals surface area contributed by atoms with Crippen LogP contribution in [0.2, 0.25) is 0 Å². The van der Waals surface area contributed by atoms with Gasteiger partial charge >= 0.3 is 0 Å². The lowest BCUT2D eigenvalue weighted by atomic mass is 9.94. The van der Waals surface area contributed by atoms with Crippen LogP contribution in [0.25, 0.3) is 33.3 Å². The molecule has 2 aromatic heterocycles. The van der Waals surface area contributed by atoms with Gasteiger partial charge in [-0.15, -0.1) is 0 Å². The zero-order chi connectivity index (χ0) is 25.7. The number of H-pyrrole nitrogens is 1. The number of hydrogen-bond donors (Lipinski definition) is 2. The van der Waals surface area contributed by atoms with Crippen molar-refractivity contribution in [3.8, 4) is 22.4 Å². The molecular formula is C27H30FN7O2. The number of hydrogen-bond acceptors (Lipinski definition) is 6. The Bertz CT molecular complexity index is 1490. The number of aromatic nitrogens is 4. The number of nitrogens with zero attached hydrogens (tertiary/aromatic N) is 5. The summed E-state index contributed by atoms with van der Waals surface area (Å²) in [4.78, 5) is 16.6. The molecule has 192 valence electrons. The maximum atomic E-state index is 15.1. The molecule has 1 unspecified atom stereocenters. The third kappa shape index (κ3) is 4.15. The Morgan fingerprint density at radius 3 is 2.70 bits per heavy atom. The summed E-state index contributed by atoms with van der Waals surface area (Å²) in [7, 11) is 2.14. The fraction of sp³-hybridized carbons (Fsp3) is 0.370. The quantitative estimate of drug-likeness (QED) is 0.433. The van der Waals surface area contributed by atoms with Crippen molar-refractivity contribution in [3.05, 3.63) is 53.6 Å². The molecule has 0 radical (unpaired) electrons. The molecule has 1 amide bonds. The number of halogens is 1. The van der Waals surface area contributed by atoms with Gasteiger partial charge in [-0.2, -0.15) is 10.2 Å². The van der Waals surface area contributed by atoms with Crippen LogP contribution in [-0.2, 0) is 4.74 Å². The number of fused-ring (bicyclic) bond motifs is 1. The van der Waals surface area contributed by atoms with Gasteiger partial charge in [0.25, 0.3) is 5.91 Å². The first-order chi connectivity index (χ1) is 17.9. The highest BCUT2D eigenvalue weighted by Gasteiger charge is 2.27. The van der Waals surface area contributed by atoms with Crippen LogP contribution in [0.15, 0.2) is 36.7 Å². The summed E-state index contributed by atoms with van der Waals surface area (Å²) in [6, 6.07) is 7.85. The van der Waals surface area contributed by atoms with Gasteiger partial charge in [-0.05, 0) is 67.9 Å². The van der Waals surface area contributed by atoms with Crippen molar-refractivity contribution in [2.45, 2.75) is 19.4 Å². The molecule has 4 aromatic rings. The number of aryl methyl sites for hydroxylation is 1. The largest absolute Gasteiger partial charge is 0.378 e. The molecule has 2 saturated heterocycles. The van der Waals surface area contributed by atoms with E-state index in [1.54, 1.807) is 6.07 Å². The SMILES string of the molecule is Cc1cc(F)c(-c2n[nH]cc2C(N)=O)cc1-c1cc(N2CCOCC2)c2c(cnn2C2CCN(C)C2)c1. The van der Waals surface area contributed by atoms with Gasteiger partial charge in [-0.3, -0.25) is 14.6 Å². The van der Waals surface area contributed by atoms with Crippen molar-refractivity contribution in [2.24, 2.45) is 5.73 Å². The van der Waals surface area contributed by atoms with Crippen molar-refractivity contribution in [1.29, 1.82) is 0 Å². The van der Waals surface area contributed by atoms with Crippen LogP contribution in [0.1, 0.15) is 28.4 Å². The third-order valence-corrected chi connectivity index (χ3v) is 7.52. The molecule has 9 nitrogen and oxygen atoms in total. The number of likely N-dealkylation sites (tertiary alicyclic amines) is 1. The Morgan fingerprint density at radius 1 is 1.16 bits per heavy atom. The lowest BCUT2D eigenvalue weighted by Crippen LogP contribution is -2.36. The number of likely N-dealkylation sites (N-methyl/N-ethyl adjacent to an activating group) is 1. The Balaban J connectivity index is 1.52. The number of morpholine rings is 1. The molecule has 10 heteroatoms. The first kappa shape index (κ1) is 23.6. The van der Waals surface area contributed by atoms with Crippen molar-refractivity contribution < 1.29 is 13.9 Å². The van der Waals surface area contributed by atoms with Crippen LogP contribution in [0.4, 0.5) is 10.1 Å². The number of nitrogens with two attached hydrogens (primary N) is 1. The number of carbonyl (C=O) groups excluding carboxylic acids is 1. The molecule has 1 atom stereocenters. The summed E-state index contributed by atoms with van der Waals surface area (Å²) in [5.41, 5.74) is 10.9. The number of primary amides is 1. The highest BCUT2D eigenvalue weighted by Crippen LogP contribution is 2.39. The molecule has 2 aliphatic heterocycles. The monoisotopic (exact) mass is 503 g/mol. The molecule has 37 heavy (non-hydrogen) atoms. The van der Waals surface area contributed by atoms with Gasteiger partial charge in [0, 0.05) is 36.8 Å². The normalized spacial score (nSPS) is 18.7. The Kier molecular flexibility index (Phi) is 5.92. The predicted octanol–water partition coefficient (Wildman–Crippen LogP) is 3.35. The lowest BCUT2D eigenvalue weighted by Gasteiger charge is -2.30. The van der Waals surface area contributed by atoms with Gasteiger partial charge in [0.2, 0.25) is 0 Å². The van der Waals surface area contributed by atoms with E-state index in [1.807, 2.05) is 13.1 Å². The second kappa shape index (κ2) is 9.28. The van der Waals surface area contributed by atoms with Gasteiger partial charge in [-0.25, -0.2) is 4.39 Å². The number of ether oxygens (including phenoxy) is 1. The number of anilines is 1. The van der Waals surface area contributed by atoms with E-state index in [4.69, 9.17) is 15.6 Å². The number of benzene rings is 2. The molecule has 4 heterocycles. The van der Waals surface area contributed by atoms with E-state index in [0.29, 0.717) is 19.3 Å². The van der Waals surface area contributed by atoms with E-state index in [9.17, 15) is 4.79 Å². The Labute approximate surface area is 214 Å². The fourth-order valence-corrected chi connectivity index (χ4v) is 5.61. The number of nitrogens with one attached hydrogen (secondary N) is 1. The number of rotatable bonds is 5. The van der Waals surface area contributed by atoms with Crippen molar-refractivity contribution in [2.75, 3.05) is 51.3 Å². The van der Waals surface area contributed by atoms with Crippen LogP contribution in [0.3, 0.4) is 0 Å². The molecule has 0 spiro atoms. The summed E-state index contributed by atoms with van der Waals surface area (Å²) >= 11 is 0. The molecule has 6 rings (SSSR count). The minimum atomic E-state index is -0.661. The zero-order valence-corrected chi connectivity index (χ0v) is 21.0. The predicted molar refractivity (Wildman–Crippen MR) is 140 cm³/mol. The summed E-state index contributed by atoms with van der Waals surface area (Å²) in [5, 5.41) is 12.6. The molecule has 0 aliphatic carbocycles. The maximum absolute atomic E-state index is 15.1. The van der Waals surface area contributed by atoms with E-state index in [2.05, 4.69) is 43.9 Å².